The average molecular weight is 730 g/mol. The summed E-state index contributed by atoms with van der Waals surface area (Å²) in [7, 11) is 0. The van der Waals surface area contributed by atoms with E-state index in [1.165, 1.54) is 48.1 Å². The molecule has 0 unspecified atom stereocenters. The van der Waals surface area contributed by atoms with Crippen LogP contribution in [0.25, 0.3) is 16.7 Å². The molecule has 6 nitrogen and oxygen atoms in total. The van der Waals surface area contributed by atoms with E-state index in [9.17, 15) is 4.79 Å². The van der Waals surface area contributed by atoms with Crippen molar-refractivity contribution in [2.45, 2.75) is 112 Å². The number of benzene rings is 1. The third-order valence-corrected chi connectivity index (χ3v) is 9.69. The summed E-state index contributed by atoms with van der Waals surface area (Å²) in [4.78, 5) is 24.7. The van der Waals surface area contributed by atoms with E-state index in [4.69, 9.17) is 14.7 Å². The predicted octanol–water partition coefficient (Wildman–Crippen LogP) is 11.3. The number of aromatic nitrogens is 3. The minimum Gasteiger partial charge on any atom is -0.465 e. The van der Waals surface area contributed by atoms with Gasteiger partial charge in [-0.25, -0.2) is 9.97 Å². The molecule has 0 atom stereocenters. The van der Waals surface area contributed by atoms with E-state index in [-0.39, 0.29) is 5.97 Å². The molecule has 1 fully saturated rings. The number of nitrogens with zero attached hydrogens (tertiary/aromatic N) is 4. The molecule has 1 saturated heterocycles. The highest BCUT2D eigenvalue weighted by molar-refractivity contribution is 9.10. The van der Waals surface area contributed by atoms with Crippen LogP contribution in [0.3, 0.4) is 0 Å². The minimum absolute atomic E-state index is 0.0815. The quantitative estimate of drug-likeness (QED) is 0.0741. The number of carbonyl (C=O) groups excluding carboxylic acids is 1. The molecule has 0 bridgehead atoms. The summed E-state index contributed by atoms with van der Waals surface area (Å²) in [6.45, 7) is 13.0. The Labute approximate surface area is 303 Å². The van der Waals surface area contributed by atoms with Gasteiger partial charge in [0.25, 0.3) is 0 Å². The smallest absolute Gasteiger partial charge is 0.305 e. The summed E-state index contributed by atoms with van der Waals surface area (Å²) in [5, 5.41) is 1.12. The standard InChI is InChI=1S/C42H57BrN4O2/c1-6-7-8-9-10-11-12-13-14-15-16-17-18-19-20-21-22-23-38(48)49-31-36-24-26-46(27-25-36)41-39-34(4)30-47(42(39)45-35(5)44-41)40-32(2)28-37(43)29-33(40)3/h10-11,13-14,16-17,19-20,28-30,36H,6-9,12,15,18,21-27,31H2,1-5H3. The zero-order valence-electron chi connectivity index (χ0n) is 30.5. The van der Waals surface area contributed by atoms with Gasteiger partial charge < -0.3 is 14.2 Å². The van der Waals surface area contributed by atoms with E-state index in [0.29, 0.717) is 18.9 Å². The molecular formula is C42H57BrN4O2. The Morgan fingerprint density at radius 1 is 0.837 bits per heavy atom. The Morgan fingerprint density at radius 3 is 2.04 bits per heavy atom. The van der Waals surface area contributed by atoms with E-state index in [2.05, 4.69) is 120 Å². The number of anilines is 1. The summed E-state index contributed by atoms with van der Waals surface area (Å²) in [6, 6.07) is 4.31. The van der Waals surface area contributed by atoms with Crippen molar-refractivity contribution in [1.82, 2.24) is 14.5 Å². The number of piperidine rings is 1. The van der Waals surface area contributed by atoms with Crippen molar-refractivity contribution in [2.75, 3.05) is 24.6 Å². The van der Waals surface area contributed by atoms with Crippen molar-refractivity contribution in [3.63, 3.8) is 0 Å². The highest BCUT2D eigenvalue weighted by atomic mass is 79.9. The lowest BCUT2D eigenvalue weighted by atomic mass is 9.97. The first kappa shape index (κ1) is 38.4. The van der Waals surface area contributed by atoms with E-state index in [1.807, 2.05) is 6.92 Å². The molecular weight excluding hydrogens is 672 g/mol. The Hall–Kier alpha value is -3.45. The Kier molecular flexibility index (Phi) is 15.9. The number of fused-ring (bicyclic) bond motifs is 1. The van der Waals surface area contributed by atoms with Crippen LogP contribution < -0.4 is 4.90 Å². The maximum atomic E-state index is 12.4. The maximum Gasteiger partial charge on any atom is 0.305 e. The zero-order chi connectivity index (χ0) is 35.0. The molecule has 0 radical (unpaired) electrons. The number of hydrogen-bond acceptors (Lipinski definition) is 5. The molecule has 0 spiro atoms. The third kappa shape index (κ3) is 11.8. The summed E-state index contributed by atoms with van der Waals surface area (Å²) >= 11 is 3.64. The van der Waals surface area contributed by atoms with Crippen LogP contribution >= 0.6 is 15.9 Å². The van der Waals surface area contributed by atoms with Crippen LogP contribution in [0.4, 0.5) is 5.82 Å². The fraction of sp³-hybridized carbons (Fsp3) is 0.500. The Morgan fingerprint density at radius 2 is 1.43 bits per heavy atom. The van der Waals surface area contributed by atoms with Gasteiger partial charge in [0.2, 0.25) is 0 Å². The van der Waals surface area contributed by atoms with Gasteiger partial charge in [0.05, 0.1) is 17.7 Å². The Bertz CT molecular complexity index is 1600. The topological polar surface area (TPSA) is 60.2 Å². The van der Waals surface area contributed by atoms with Gasteiger partial charge in [-0.05, 0) is 120 Å². The van der Waals surface area contributed by atoms with Crippen LogP contribution in [0.15, 0.2) is 71.4 Å². The van der Waals surface area contributed by atoms with Crippen LogP contribution in [0.5, 0.6) is 0 Å². The van der Waals surface area contributed by atoms with Crippen molar-refractivity contribution in [3.8, 4) is 5.69 Å². The van der Waals surface area contributed by atoms with Crippen LogP contribution in [-0.2, 0) is 9.53 Å². The van der Waals surface area contributed by atoms with Crippen LogP contribution in [0.2, 0.25) is 0 Å². The van der Waals surface area contributed by atoms with Gasteiger partial charge in [-0.15, -0.1) is 0 Å². The second-order valence-electron chi connectivity index (χ2n) is 13.5. The van der Waals surface area contributed by atoms with Gasteiger partial charge in [0.1, 0.15) is 11.6 Å². The molecule has 1 aromatic carbocycles. The second kappa shape index (κ2) is 20.3. The molecule has 7 heteroatoms. The molecule has 264 valence electrons. The molecule has 0 amide bonds. The van der Waals surface area contributed by atoms with Crippen molar-refractivity contribution >= 4 is 38.8 Å². The lowest BCUT2D eigenvalue weighted by Crippen LogP contribution is -2.36. The van der Waals surface area contributed by atoms with E-state index in [0.717, 1.165) is 85.2 Å². The molecule has 0 N–H and O–H groups in total. The summed E-state index contributed by atoms with van der Waals surface area (Å²) in [6.07, 6.45) is 32.2. The fourth-order valence-electron chi connectivity index (χ4n) is 6.59. The maximum absolute atomic E-state index is 12.4. The number of halogens is 1. The molecule has 3 heterocycles. The molecule has 4 rings (SSSR count). The van der Waals surface area contributed by atoms with Crippen molar-refractivity contribution < 1.29 is 9.53 Å². The van der Waals surface area contributed by atoms with Gasteiger partial charge in [-0.3, -0.25) is 4.79 Å². The van der Waals surface area contributed by atoms with Gasteiger partial charge in [-0.2, -0.15) is 0 Å². The van der Waals surface area contributed by atoms with Gasteiger partial charge in [-0.1, -0.05) is 84.3 Å². The number of unbranched alkanes of at least 4 members (excludes halogenated alkanes) is 4. The largest absolute Gasteiger partial charge is 0.465 e. The monoisotopic (exact) mass is 728 g/mol. The summed E-state index contributed by atoms with van der Waals surface area (Å²) in [5.41, 5.74) is 5.70. The molecule has 49 heavy (non-hydrogen) atoms. The van der Waals surface area contributed by atoms with E-state index >= 15 is 0 Å². The van der Waals surface area contributed by atoms with Gasteiger partial charge in [0.15, 0.2) is 5.65 Å². The first-order valence-corrected chi connectivity index (χ1v) is 19.2. The normalized spacial score (nSPS) is 14.5. The van der Waals surface area contributed by atoms with Crippen molar-refractivity contribution in [2.24, 2.45) is 5.92 Å². The molecule has 3 aromatic rings. The van der Waals surface area contributed by atoms with Crippen LogP contribution in [-0.4, -0.2) is 40.2 Å². The molecule has 1 aliphatic rings. The predicted molar refractivity (Wildman–Crippen MR) is 210 cm³/mol. The fourth-order valence-corrected chi connectivity index (χ4v) is 7.28. The van der Waals surface area contributed by atoms with E-state index < -0.39 is 0 Å². The lowest BCUT2D eigenvalue weighted by Gasteiger charge is -2.33. The highest BCUT2D eigenvalue weighted by Gasteiger charge is 2.25. The SMILES string of the molecule is CCCCCC=CCC=CCC=CCC=CCCCC(=O)OCC1CCN(c2nc(C)nc3c2c(C)cn3-c2c(C)cc(Br)cc2C)CC1. The number of ether oxygens (including phenoxy) is 1. The molecule has 0 saturated carbocycles. The third-order valence-electron chi connectivity index (χ3n) is 9.23. The van der Waals surface area contributed by atoms with Gasteiger partial charge >= 0.3 is 5.97 Å². The number of carbonyl (C=O) groups is 1. The van der Waals surface area contributed by atoms with Crippen LogP contribution in [0.1, 0.15) is 106 Å². The summed E-state index contributed by atoms with van der Waals surface area (Å²) in [5.74, 6) is 2.09. The first-order valence-electron chi connectivity index (χ1n) is 18.4. The first-order chi connectivity index (χ1) is 23.8. The number of hydrogen-bond donors (Lipinski definition) is 0. The number of rotatable bonds is 18. The van der Waals surface area contributed by atoms with E-state index in [1.54, 1.807) is 0 Å². The van der Waals surface area contributed by atoms with Crippen molar-refractivity contribution in [1.29, 1.82) is 0 Å². The van der Waals surface area contributed by atoms with Crippen molar-refractivity contribution in [3.05, 3.63) is 93.9 Å². The number of aryl methyl sites for hydroxylation is 4. The Balaban J connectivity index is 1.15. The molecule has 2 aromatic heterocycles. The number of esters is 1. The molecule has 0 aliphatic carbocycles. The molecule has 1 aliphatic heterocycles. The van der Waals surface area contributed by atoms with Crippen LogP contribution in [0, 0.1) is 33.6 Å². The summed E-state index contributed by atoms with van der Waals surface area (Å²) < 4.78 is 9.02. The van der Waals surface area contributed by atoms with Gasteiger partial charge in [0, 0.05) is 30.2 Å². The number of allylic oxidation sites excluding steroid dienone is 8. The zero-order valence-corrected chi connectivity index (χ0v) is 32.1. The second-order valence-corrected chi connectivity index (χ2v) is 14.4. The average Bonchev–Trinajstić information content (AvgIpc) is 3.39. The lowest BCUT2D eigenvalue weighted by molar-refractivity contribution is -0.145. The highest BCUT2D eigenvalue weighted by Crippen LogP contribution is 2.35. The minimum atomic E-state index is -0.0815.